The summed E-state index contributed by atoms with van der Waals surface area (Å²) in [7, 11) is 0. The molecule has 2 bridgehead atoms. The molecule has 126 valence electrons. The molecule has 1 aliphatic heterocycles. The van der Waals surface area contributed by atoms with E-state index in [9.17, 15) is 24.3 Å². The number of hydrogen-bond acceptors (Lipinski definition) is 8. The minimum absolute atomic E-state index is 0.0271. The van der Waals surface area contributed by atoms with Crippen LogP contribution in [0.5, 0.6) is 0 Å². The third-order valence-corrected chi connectivity index (χ3v) is 3.92. The first-order chi connectivity index (χ1) is 10.8. The maximum atomic E-state index is 11.8. The Balaban J connectivity index is 1.86. The van der Waals surface area contributed by atoms with Gasteiger partial charge in [-0.3, -0.25) is 9.59 Å². The Morgan fingerprint density at radius 2 is 2.04 bits per heavy atom. The molecule has 2 rings (SSSR count). The number of carbonyl (C=O) groups is 4. The van der Waals surface area contributed by atoms with Crippen molar-refractivity contribution in [3.63, 3.8) is 0 Å². The Morgan fingerprint density at radius 3 is 2.65 bits per heavy atom. The minimum Gasteiger partial charge on any atom is -0.550 e. The van der Waals surface area contributed by atoms with Gasteiger partial charge in [0.25, 0.3) is 0 Å². The summed E-state index contributed by atoms with van der Waals surface area (Å²) in [6, 6.07) is 0. The molecular weight excluding hydrogens is 308 g/mol. The van der Waals surface area contributed by atoms with Gasteiger partial charge in [0, 0.05) is 23.9 Å². The Bertz CT molecular complexity index is 552. The molecule has 1 saturated heterocycles. The van der Waals surface area contributed by atoms with Gasteiger partial charge in [-0.05, 0) is 13.3 Å². The Labute approximate surface area is 132 Å². The lowest BCUT2D eigenvalue weighted by molar-refractivity contribution is -0.314. The lowest BCUT2D eigenvalue weighted by Gasteiger charge is -2.31. The van der Waals surface area contributed by atoms with Crippen LogP contribution < -0.4 is 5.11 Å². The van der Waals surface area contributed by atoms with Crippen molar-refractivity contribution in [3.8, 4) is 0 Å². The van der Waals surface area contributed by atoms with Gasteiger partial charge < -0.3 is 24.1 Å². The van der Waals surface area contributed by atoms with Gasteiger partial charge in [0.2, 0.25) is 0 Å². The molecule has 8 nitrogen and oxygen atoms in total. The zero-order chi connectivity index (χ0) is 17.1. The first kappa shape index (κ1) is 17.0. The van der Waals surface area contributed by atoms with E-state index < -0.39 is 47.9 Å². The minimum atomic E-state index is -1.36. The van der Waals surface area contributed by atoms with Crippen LogP contribution in [0, 0.1) is 11.8 Å². The van der Waals surface area contributed by atoms with Crippen molar-refractivity contribution in [3.05, 3.63) is 12.2 Å². The number of carboxylic acid groups (broad SMARTS) is 1. The predicted octanol–water partition coefficient (Wildman–Crippen LogP) is -0.891. The van der Waals surface area contributed by atoms with Crippen LogP contribution in [-0.2, 0) is 33.4 Å². The average molecular weight is 325 g/mol. The zero-order valence-corrected chi connectivity index (χ0v) is 12.6. The maximum Gasteiger partial charge on any atom is 0.333 e. The SMILES string of the molecule is C=C(C)C(=O)OCCC(=O)OC1CC(C(=O)[O-])C2CC1OC2=O. The number of aliphatic carboxylic acids is 1. The number of rotatable bonds is 6. The van der Waals surface area contributed by atoms with Crippen LogP contribution in [-0.4, -0.2) is 42.7 Å². The molecule has 0 amide bonds. The van der Waals surface area contributed by atoms with Crippen LogP contribution in [0.15, 0.2) is 12.2 Å². The summed E-state index contributed by atoms with van der Waals surface area (Å²) in [5.41, 5.74) is 0.214. The molecule has 23 heavy (non-hydrogen) atoms. The molecule has 1 heterocycles. The molecular formula is C15H17O8-. The highest BCUT2D eigenvalue weighted by Gasteiger charge is 2.50. The van der Waals surface area contributed by atoms with E-state index in [1.54, 1.807) is 0 Å². The molecule has 0 spiro atoms. The number of carboxylic acids is 1. The van der Waals surface area contributed by atoms with Crippen molar-refractivity contribution in [1.82, 2.24) is 0 Å². The van der Waals surface area contributed by atoms with E-state index in [1.807, 2.05) is 0 Å². The molecule has 4 atom stereocenters. The number of carbonyl (C=O) groups excluding carboxylic acids is 4. The molecule has 2 aliphatic rings. The molecule has 0 aromatic carbocycles. The lowest BCUT2D eigenvalue weighted by Crippen LogP contribution is -2.45. The van der Waals surface area contributed by atoms with E-state index in [2.05, 4.69) is 6.58 Å². The first-order valence-electron chi connectivity index (χ1n) is 7.23. The van der Waals surface area contributed by atoms with E-state index in [4.69, 9.17) is 14.2 Å². The molecule has 4 unspecified atom stereocenters. The molecule has 0 aromatic heterocycles. The van der Waals surface area contributed by atoms with Gasteiger partial charge in [-0.1, -0.05) is 6.58 Å². The van der Waals surface area contributed by atoms with E-state index in [0.29, 0.717) is 0 Å². The molecule has 0 radical (unpaired) electrons. The van der Waals surface area contributed by atoms with Crippen molar-refractivity contribution < 1.29 is 38.5 Å². The van der Waals surface area contributed by atoms with E-state index in [0.717, 1.165) is 0 Å². The Morgan fingerprint density at radius 1 is 1.35 bits per heavy atom. The third kappa shape index (κ3) is 3.88. The second-order valence-corrected chi connectivity index (χ2v) is 5.67. The van der Waals surface area contributed by atoms with Crippen LogP contribution in [0.25, 0.3) is 0 Å². The highest BCUT2D eigenvalue weighted by Crippen LogP contribution is 2.39. The molecule has 0 aromatic rings. The lowest BCUT2D eigenvalue weighted by atomic mass is 9.78. The highest BCUT2D eigenvalue weighted by atomic mass is 16.6. The fraction of sp³-hybridized carbons (Fsp3) is 0.600. The number of ether oxygens (including phenoxy) is 3. The number of esters is 3. The monoisotopic (exact) mass is 325 g/mol. The number of hydrogen-bond donors (Lipinski definition) is 0. The fourth-order valence-electron chi connectivity index (χ4n) is 2.72. The van der Waals surface area contributed by atoms with Crippen molar-refractivity contribution >= 4 is 23.9 Å². The van der Waals surface area contributed by atoms with Crippen LogP contribution in [0.2, 0.25) is 0 Å². The summed E-state index contributed by atoms with van der Waals surface area (Å²) in [5.74, 6) is -5.00. The van der Waals surface area contributed by atoms with E-state index in [-0.39, 0.29) is 31.4 Å². The molecule has 2 fully saturated rings. The molecule has 1 aliphatic carbocycles. The quantitative estimate of drug-likeness (QED) is 0.350. The topological polar surface area (TPSA) is 119 Å². The van der Waals surface area contributed by atoms with E-state index >= 15 is 0 Å². The zero-order valence-electron chi connectivity index (χ0n) is 12.6. The number of fused-ring (bicyclic) bond motifs is 2. The molecule has 8 heteroatoms. The van der Waals surface area contributed by atoms with Gasteiger partial charge in [-0.25, -0.2) is 4.79 Å². The summed E-state index contributed by atoms with van der Waals surface area (Å²) < 4.78 is 15.0. The standard InChI is InChI=1S/C15H18O8/c1-7(2)14(19)21-4-3-12(16)22-10-5-8(13(17)18)9-6-11(10)23-15(9)20/h8-11H,1,3-6H2,2H3,(H,17,18)/p-1. The van der Waals surface area contributed by atoms with Gasteiger partial charge in [0.05, 0.1) is 12.3 Å². The van der Waals surface area contributed by atoms with E-state index in [1.165, 1.54) is 6.92 Å². The van der Waals surface area contributed by atoms with Crippen LogP contribution in [0.1, 0.15) is 26.2 Å². The van der Waals surface area contributed by atoms with Crippen molar-refractivity contribution in [1.29, 1.82) is 0 Å². The van der Waals surface area contributed by atoms with Crippen LogP contribution in [0.4, 0.5) is 0 Å². The molecule has 1 saturated carbocycles. The fourth-order valence-corrected chi connectivity index (χ4v) is 2.72. The van der Waals surface area contributed by atoms with Crippen molar-refractivity contribution in [2.45, 2.75) is 38.4 Å². The summed E-state index contributed by atoms with van der Waals surface area (Å²) >= 11 is 0. The maximum absolute atomic E-state index is 11.8. The summed E-state index contributed by atoms with van der Waals surface area (Å²) in [4.78, 5) is 45.6. The van der Waals surface area contributed by atoms with Crippen molar-refractivity contribution in [2.24, 2.45) is 11.8 Å². The second-order valence-electron chi connectivity index (χ2n) is 5.67. The highest BCUT2D eigenvalue weighted by molar-refractivity contribution is 5.87. The normalized spacial score (nSPS) is 28.7. The largest absolute Gasteiger partial charge is 0.550 e. The van der Waals surface area contributed by atoms with Crippen molar-refractivity contribution in [2.75, 3.05) is 6.61 Å². The van der Waals surface area contributed by atoms with Gasteiger partial charge in [0.1, 0.15) is 18.8 Å². The third-order valence-electron chi connectivity index (χ3n) is 3.92. The smallest absolute Gasteiger partial charge is 0.333 e. The van der Waals surface area contributed by atoms with Gasteiger partial charge in [0.15, 0.2) is 0 Å². The predicted molar refractivity (Wildman–Crippen MR) is 71.4 cm³/mol. The summed E-state index contributed by atoms with van der Waals surface area (Å²) in [5, 5.41) is 11.1. The summed E-state index contributed by atoms with van der Waals surface area (Å²) in [6.45, 7) is 4.71. The van der Waals surface area contributed by atoms with Crippen LogP contribution in [0.3, 0.4) is 0 Å². The summed E-state index contributed by atoms with van der Waals surface area (Å²) in [6.07, 6.45) is -1.48. The van der Waals surface area contributed by atoms with Gasteiger partial charge in [-0.2, -0.15) is 0 Å². The Kier molecular flexibility index (Phi) is 5.02. The van der Waals surface area contributed by atoms with Gasteiger partial charge in [-0.15, -0.1) is 0 Å². The Hall–Kier alpha value is -2.38. The molecule has 0 N–H and O–H groups in total. The second kappa shape index (κ2) is 6.80. The first-order valence-corrected chi connectivity index (χ1v) is 7.23. The average Bonchev–Trinajstić information content (AvgIpc) is 2.79. The van der Waals surface area contributed by atoms with Gasteiger partial charge >= 0.3 is 17.9 Å². The van der Waals surface area contributed by atoms with Crippen LogP contribution >= 0.6 is 0 Å².